The Morgan fingerprint density at radius 3 is 2.17 bits per heavy atom. The average molecular weight is 580 g/mol. The van der Waals surface area contributed by atoms with Crippen LogP contribution >= 0.6 is 46.4 Å². The molecule has 36 heavy (non-hydrogen) atoms. The minimum atomic E-state index is -4.92. The van der Waals surface area contributed by atoms with E-state index in [1.54, 1.807) is 18.2 Å². The maximum absolute atomic E-state index is 13.7. The Morgan fingerprint density at radius 2 is 1.56 bits per heavy atom. The summed E-state index contributed by atoms with van der Waals surface area (Å²) in [4.78, 5) is 25.7. The second-order valence-corrected chi connectivity index (χ2v) is 10.2. The van der Waals surface area contributed by atoms with Crippen LogP contribution in [-0.4, -0.2) is 16.1 Å². The lowest BCUT2D eigenvalue weighted by molar-refractivity contribution is -0.137. The molecule has 188 valence electrons. The van der Waals surface area contributed by atoms with Crippen molar-refractivity contribution in [2.75, 3.05) is 10.6 Å². The third-order valence-electron chi connectivity index (χ3n) is 5.56. The van der Waals surface area contributed by atoms with Gasteiger partial charge >= 0.3 is 6.18 Å². The van der Waals surface area contributed by atoms with Crippen molar-refractivity contribution in [1.82, 2.24) is 0 Å². The minimum Gasteiger partial charge on any atom is -0.326 e. The summed E-state index contributed by atoms with van der Waals surface area (Å²) in [6, 6.07) is 13.4. The molecule has 0 bridgehead atoms. The van der Waals surface area contributed by atoms with Crippen LogP contribution in [-0.2, 0) is 11.0 Å². The van der Waals surface area contributed by atoms with Gasteiger partial charge in [-0.2, -0.15) is 13.2 Å². The number of alkyl halides is 5. The summed E-state index contributed by atoms with van der Waals surface area (Å²) in [6.45, 7) is 0. The normalized spacial score (nSPS) is 18.4. The first-order chi connectivity index (χ1) is 16.8. The molecule has 4 rings (SSSR count). The van der Waals surface area contributed by atoms with E-state index < -0.39 is 56.1 Å². The third kappa shape index (κ3) is 5.27. The summed E-state index contributed by atoms with van der Waals surface area (Å²) in [5.41, 5.74) is -1.47. The number of rotatable bonds is 5. The highest BCUT2D eigenvalue weighted by Gasteiger charge is 2.67. The Bertz CT molecular complexity index is 1350. The standard InChI is InChI=1S/C24H14Cl4F4N2O2/c25-16-8-11(6-7-17(16)29)18-19(23(18,27)28)22(36)34-13-9-14(20(26)15(10-13)24(30,31)32)21(35)33-12-4-2-1-3-5-12/h1-10,18-19H,(H,33,35)(H,34,36)/t18-,19+/m0/s1. The summed E-state index contributed by atoms with van der Waals surface area (Å²) in [7, 11) is 0. The minimum absolute atomic E-state index is 0.204. The number of halogens is 8. The van der Waals surface area contributed by atoms with E-state index >= 15 is 0 Å². The van der Waals surface area contributed by atoms with Gasteiger partial charge in [0, 0.05) is 17.3 Å². The topological polar surface area (TPSA) is 58.2 Å². The lowest BCUT2D eigenvalue weighted by atomic mass is 10.1. The van der Waals surface area contributed by atoms with E-state index in [1.165, 1.54) is 24.3 Å². The Morgan fingerprint density at radius 1 is 0.889 bits per heavy atom. The molecule has 0 aromatic heterocycles. The van der Waals surface area contributed by atoms with Crippen LogP contribution in [0.4, 0.5) is 28.9 Å². The fraction of sp³-hybridized carbons (Fsp3) is 0.167. The number of nitrogens with one attached hydrogen (secondary N) is 2. The van der Waals surface area contributed by atoms with E-state index in [4.69, 9.17) is 46.4 Å². The lowest BCUT2D eigenvalue weighted by Gasteiger charge is -2.16. The van der Waals surface area contributed by atoms with E-state index in [0.717, 1.165) is 12.1 Å². The van der Waals surface area contributed by atoms with Crippen LogP contribution < -0.4 is 10.6 Å². The number of carbonyl (C=O) groups is 2. The zero-order valence-electron chi connectivity index (χ0n) is 17.8. The lowest BCUT2D eigenvalue weighted by Crippen LogP contribution is -2.20. The number of hydrogen-bond donors (Lipinski definition) is 2. The first-order valence-corrected chi connectivity index (χ1v) is 11.7. The molecule has 0 saturated heterocycles. The fourth-order valence-corrected chi connectivity index (χ4v) is 5.10. The van der Waals surface area contributed by atoms with Gasteiger partial charge in [-0.3, -0.25) is 9.59 Å². The molecule has 1 fully saturated rings. The molecule has 0 unspecified atom stereocenters. The predicted octanol–water partition coefficient (Wildman–Crippen LogP) is 7.93. The maximum atomic E-state index is 13.7. The summed E-state index contributed by atoms with van der Waals surface area (Å²) in [6.07, 6.45) is -4.92. The zero-order valence-corrected chi connectivity index (χ0v) is 20.8. The Labute approximate surface area is 222 Å². The molecule has 3 aromatic rings. The molecular formula is C24H14Cl4F4N2O2. The van der Waals surface area contributed by atoms with Gasteiger partial charge in [-0.1, -0.05) is 47.5 Å². The van der Waals surface area contributed by atoms with Gasteiger partial charge in [0.05, 0.1) is 27.1 Å². The molecule has 2 amide bonds. The van der Waals surface area contributed by atoms with Crippen LogP contribution in [0.2, 0.25) is 10.0 Å². The van der Waals surface area contributed by atoms with E-state index in [-0.39, 0.29) is 10.7 Å². The molecule has 4 nitrogen and oxygen atoms in total. The largest absolute Gasteiger partial charge is 0.417 e. The highest BCUT2D eigenvalue weighted by molar-refractivity contribution is 6.53. The molecule has 2 N–H and O–H groups in total. The van der Waals surface area contributed by atoms with Gasteiger partial charge in [-0.15, -0.1) is 23.2 Å². The van der Waals surface area contributed by atoms with Crippen LogP contribution in [0.25, 0.3) is 0 Å². The summed E-state index contributed by atoms with van der Waals surface area (Å²) < 4.78 is 52.9. The monoisotopic (exact) mass is 578 g/mol. The second-order valence-electron chi connectivity index (χ2n) is 8.00. The second kappa shape index (κ2) is 9.74. The number of anilines is 2. The van der Waals surface area contributed by atoms with Crippen molar-refractivity contribution >= 4 is 69.6 Å². The number of benzene rings is 3. The number of carbonyl (C=O) groups excluding carboxylic acids is 2. The van der Waals surface area contributed by atoms with Crippen molar-refractivity contribution in [2.45, 2.75) is 16.4 Å². The third-order valence-corrected chi connectivity index (χ3v) is 7.20. The number of amides is 2. The Hall–Kier alpha value is -2.52. The van der Waals surface area contributed by atoms with Crippen LogP contribution in [0.3, 0.4) is 0 Å². The van der Waals surface area contributed by atoms with E-state index in [9.17, 15) is 27.2 Å². The summed E-state index contributed by atoms with van der Waals surface area (Å²) in [5.74, 6) is -4.29. The average Bonchev–Trinajstić information content (AvgIpc) is 3.38. The van der Waals surface area contributed by atoms with Gasteiger partial charge in [0.15, 0.2) is 0 Å². The molecule has 0 aliphatic heterocycles. The maximum Gasteiger partial charge on any atom is 0.417 e. The van der Waals surface area contributed by atoms with E-state index in [1.807, 2.05) is 0 Å². The van der Waals surface area contributed by atoms with Crippen molar-refractivity contribution in [3.63, 3.8) is 0 Å². The van der Waals surface area contributed by atoms with Crippen molar-refractivity contribution in [3.05, 3.63) is 93.2 Å². The van der Waals surface area contributed by atoms with Gasteiger partial charge in [0.2, 0.25) is 5.91 Å². The van der Waals surface area contributed by atoms with Crippen molar-refractivity contribution < 1.29 is 27.2 Å². The summed E-state index contributed by atoms with van der Waals surface area (Å²) >= 11 is 24.3. The molecular weight excluding hydrogens is 566 g/mol. The van der Waals surface area contributed by atoms with E-state index in [2.05, 4.69) is 10.6 Å². The molecule has 1 saturated carbocycles. The Kier molecular flexibility index (Phi) is 7.18. The molecule has 2 atom stereocenters. The Balaban J connectivity index is 1.63. The van der Waals surface area contributed by atoms with Gasteiger partial charge in [-0.25, -0.2) is 4.39 Å². The van der Waals surface area contributed by atoms with E-state index in [0.29, 0.717) is 17.3 Å². The van der Waals surface area contributed by atoms with Gasteiger partial charge in [0.25, 0.3) is 5.91 Å². The van der Waals surface area contributed by atoms with Gasteiger partial charge in [-0.05, 0) is 42.0 Å². The van der Waals surface area contributed by atoms with Crippen LogP contribution in [0.5, 0.6) is 0 Å². The molecule has 12 heteroatoms. The molecule has 0 heterocycles. The predicted molar refractivity (Wildman–Crippen MR) is 132 cm³/mol. The highest BCUT2D eigenvalue weighted by Crippen LogP contribution is 2.65. The van der Waals surface area contributed by atoms with Gasteiger partial charge < -0.3 is 10.6 Å². The van der Waals surface area contributed by atoms with Gasteiger partial charge in [0.1, 0.15) is 10.2 Å². The number of para-hydroxylation sites is 1. The summed E-state index contributed by atoms with van der Waals surface area (Å²) in [5, 5.41) is 3.75. The van der Waals surface area contributed by atoms with Crippen LogP contribution in [0, 0.1) is 11.7 Å². The first kappa shape index (κ1) is 26.5. The SMILES string of the molecule is O=C(Nc1ccccc1)c1cc(NC(=O)[C@H]2[C@H](c3ccc(F)c(Cl)c3)C2(Cl)Cl)cc(C(F)(F)F)c1Cl. The molecule has 0 radical (unpaired) electrons. The smallest absolute Gasteiger partial charge is 0.326 e. The zero-order chi connectivity index (χ0) is 26.4. The molecule has 0 spiro atoms. The highest BCUT2D eigenvalue weighted by atomic mass is 35.5. The molecule has 1 aliphatic carbocycles. The molecule has 3 aromatic carbocycles. The number of hydrogen-bond acceptors (Lipinski definition) is 2. The first-order valence-electron chi connectivity index (χ1n) is 10.2. The quantitative estimate of drug-likeness (QED) is 0.238. The van der Waals surface area contributed by atoms with Crippen LogP contribution in [0.1, 0.15) is 27.4 Å². The van der Waals surface area contributed by atoms with Crippen molar-refractivity contribution in [1.29, 1.82) is 0 Å². The fourth-order valence-electron chi connectivity index (χ4n) is 3.78. The molecule has 1 aliphatic rings. The van der Waals surface area contributed by atoms with Crippen molar-refractivity contribution in [3.8, 4) is 0 Å². The van der Waals surface area contributed by atoms with Crippen molar-refractivity contribution in [2.24, 2.45) is 5.92 Å². The van der Waals surface area contributed by atoms with Crippen LogP contribution in [0.15, 0.2) is 60.7 Å².